The average molecular weight is 588 g/mol. The molecule has 5 unspecified atom stereocenters. The fraction of sp³-hybridized carbons (Fsp3) is 0.382. The Bertz CT molecular complexity index is 1320. The second kappa shape index (κ2) is 15.4. The van der Waals surface area contributed by atoms with E-state index in [2.05, 4.69) is 27.7 Å². The number of amides is 2. The van der Waals surface area contributed by atoms with Crippen molar-refractivity contribution < 1.29 is 29.3 Å². The minimum Gasteiger partial charge on any atom is -0.454 e. The summed E-state index contributed by atoms with van der Waals surface area (Å²) in [7, 11) is 0. The monoisotopic (exact) mass is 587 g/mol. The van der Waals surface area contributed by atoms with Gasteiger partial charge in [-0.1, -0.05) is 98.8 Å². The lowest BCUT2D eigenvalue weighted by molar-refractivity contribution is -0.149. The maximum absolute atomic E-state index is 13.1. The molecule has 3 aromatic carbocycles. The van der Waals surface area contributed by atoms with Crippen molar-refractivity contribution in [3.8, 4) is 11.1 Å². The van der Waals surface area contributed by atoms with Gasteiger partial charge in [-0.2, -0.15) is 0 Å². The zero-order chi connectivity index (χ0) is 30.8. The normalized spacial score (nSPS) is 17.9. The number of aliphatic hydroxyl groups excluding tert-OH is 2. The SMILES string of the molecule is CC(C)C(OC=O)C(=O)NC(Cc1ccc(-c2ccccc2)cc1)C(O)C(O)C(=O)NC1CCN(Cc2ccccc2)C1. The van der Waals surface area contributed by atoms with Crippen LogP contribution in [0, 0.1) is 5.92 Å². The van der Waals surface area contributed by atoms with Crippen LogP contribution in [0.4, 0.5) is 0 Å². The molecule has 3 aromatic rings. The van der Waals surface area contributed by atoms with E-state index in [-0.39, 0.29) is 24.9 Å². The van der Waals surface area contributed by atoms with Gasteiger partial charge in [-0.3, -0.25) is 19.3 Å². The van der Waals surface area contributed by atoms with E-state index in [9.17, 15) is 24.6 Å². The Morgan fingerprint density at radius 2 is 1.53 bits per heavy atom. The molecule has 1 fully saturated rings. The van der Waals surface area contributed by atoms with E-state index in [4.69, 9.17) is 4.74 Å². The molecule has 1 aliphatic rings. The summed E-state index contributed by atoms with van der Waals surface area (Å²) in [5.74, 6) is -1.66. The lowest BCUT2D eigenvalue weighted by atomic mass is 9.94. The van der Waals surface area contributed by atoms with Gasteiger partial charge in [0.1, 0.15) is 6.10 Å². The quantitative estimate of drug-likeness (QED) is 0.214. The molecule has 0 aliphatic carbocycles. The lowest BCUT2D eigenvalue weighted by Crippen LogP contribution is -2.57. The summed E-state index contributed by atoms with van der Waals surface area (Å²) in [6, 6.07) is 26.3. The fourth-order valence-electron chi connectivity index (χ4n) is 5.42. The molecule has 43 heavy (non-hydrogen) atoms. The molecular formula is C34H41N3O6. The molecule has 9 heteroatoms. The van der Waals surface area contributed by atoms with Gasteiger partial charge in [0.2, 0.25) is 0 Å². The number of hydrogen-bond acceptors (Lipinski definition) is 7. The van der Waals surface area contributed by atoms with Crippen LogP contribution < -0.4 is 10.6 Å². The summed E-state index contributed by atoms with van der Waals surface area (Å²) in [5, 5.41) is 27.7. The predicted octanol–water partition coefficient (Wildman–Crippen LogP) is 2.69. The van der Waals surface area contributed by atoms with Gasteiger partial charge in [-0.25, -0.2) is 0 Å². The number of nitrogens with one attached hydrogen (secondary N) is 2. The number of hydrogen-bond donors (Lipinski definition) is 4. The molecule has 0 radical (unpaired) electrons. The van der Waals surface area contributed by atoms with Gasteiger partial charge in [-0.05, 0) is 41.0 Å². The van der Waals surface area contributed by atoms with E-state index in [1.807, 2.05) is 72.8 Å². The summed E-state index contributed by atoms with van der Waals surface area (Å²) < 4.78 is 4.99. The van der Waals surface area contributed by atoms with Crippen molar-refractivity contribution in [3.63, 3.8) is 0 Å². The first kappa shape index (κ1) is 31.9. The Morgan fingerprint density at radius 1 is 0.907 bits per heavy atom. The summed E-state index contributed by atoms with van der Waals surface area (Å²) in [6.07, 6.45) is -3.65. The molecule has 1 heterocycles. The van der Waals surface area contributed by atoms with Gasteiger partial charge in [-0.15, -0.1) is 0 Å². The second-order valence-corrected chi connectivity index (χ2v) is 11.4. The lowest BCUT2D eigenvalue weighted by Gasteiger charge is -2.30. The van der Waals surface area contributed by atoms with Crippen molar-refractivity contribution >= 4 is 18.3 Å². The summed E-state index contributed by atoms with van der Waals surface area (Å²) in [6.45, 7) is 5.84. The maximum Gasteiger partial charge on any atom is 0.293 e. The molecule has 1 aliphatic heterocycles. The minimum atomic E-state index is -1.79. The van der Waals surface area contributed by atoms with Crippen LogP contribution in [0.25, 0.3) is 11.1 Å². The molecule has 228 valence electrons. The third-order valence-corrected chi connectivity index (χ3v) is 7.78. The molecule has 4 rings (SSSR count). The predicted molar refractivity (Wildman–Crippen MR) is 164 cm³/mol. The van der Waals surface area contributed by atoms with Gasteiger partial charge < -0.3 is 25.6 Å². The van der Waals surface area contributed by atoms with Gasteiger partial charge in [0.25, 0.3) is 18.3 Å². The molecule has 4 N–H and O–H groups in total. The van der Waals surface area contributed by atoms with Crippen molar-refractivity contribution in [2.75, 3.05) is 13.1 Å². The molecule has 0 aromatic heterocycles. The topological polar surface area (TPSA) is 128 Å². The Morgan fingerprint density at radius 3 is 2.16 bits per heavy atom. The van der Waals surface area contributed by atoms with Crippen LogP contribution in [-0.4, -0.2) is 76.9 Å². The first-order chi connectivity index (χ1) is 20.7. The van der Waals surface area contributed by atoms with Crippen LogP contribution in [0.1, 0.15) is 31.4 Å². The summed E-state index contributed by atoms with van der Waals surface area (Å²) in [4.78, 5) is 39.4. The first-order valence-corrected chi connectivity index (χ1v) is 14.7. The van der Waals surface area contributed by atoms with Crippen molar-refractivity contribution in [1.29, 1.82) is 0 Å². The molecule has 9 nitrogen and oxygen atoms in total. The summed E-state index contributed by atoms with van der Waals surface area (Å²) >= 11 is 0. The van der Waals surface area contributed by atoms with E-state index in [0.29, 0.717) is 13.0 Å². The minimum absolute atomic E-state index is 0.131. The smallest absolute Gasteiger partial charge is 0.293 e. The van der Waals surface area contributed by atoms with Gasteiger partial charge in [0.15, 0.2) is 12.2 Å². The van der Waals surface area contributed by atoms with Gasteiger partial charge >= 0.3 is 0 Å². The Labute approximate surface area is 252 Å². The van der Waals surface area contributed by atoms with Crippen LogP contribution in [-0.2, 0) is 32.1 Å². The van der Waals surface area contributed by atoms with E-state index in [1.165, 1.54) is 5.56 Å². The van der Waals surface area contributed by atoms with E-state index < -0.39 is 36.2 Å². The highest BCUT2D eigenvalue weighted by molar-refractivity contribution is 5.83. The Hall–Kier alpha value is -4.05. The van der Waals surface area contributed by atoms with Crippen LogP contribution in [0.5, 0.6) is 0 Å². The third-order valence-electron chi connectivity index (χ3n) is 7.78. The number of carbonyl (C=O) groups is 3. The number of ether oxygens (including phenoxy) is 1. The second-order valence-electron chi connectivity index (χ2n) is 11.4. The van der Waals surface area contributed by atoms with Crippen LogP contribution >= 0.6 is 0 Å². The molecule has 1 saturated heterocycles. The number of nitrogens with zero attached hydrogens (tertiary/aromatic N) is 1. The fourth-order valence-corrected chi connectivity index (χ4v) is 5.42. The number of carbonyl (C=O) groups excluding carboxylic acids is 3. The molecule has 0 bridgehead atoms. The molecule has 0 saturated carbocycles. The number of aliphatic hydroxyl groups is 2. The zero-order valence-electron chi connectivity index (χ0n) is 24.6. The van der Waals surface area contributed by atoms with Crippen LogP contribution in [0.2, 0.25) is 0 Å². The van der Waals surface area contributed by atoms with Crippen LogP contribution in [0.15, 0.2) is 84.9 Å². The van der Waals surface area contributed by atoms with Crippen molar-refractivity contribution in [2.24, 2.45) is 5.92 Å². The van der Waals surface area contributed by atoms with E-state index in [1.54, 1.807) is 13.8 Å². The largest absolute Gasteiger partial charge is 0.454 e. The van der Waals surface area contributed by atoms with Gasteiger partial charge in [0, 0.05) is 25.7 Å². The highest BCUT2D eigenvalue weighted by atomic mass is 16.5. The zero-order valence-corrected chi connectivity index (χ0v) is 24.6. The van der Waals surface area contributed by atoms with Crippen molar-refractivity contribution in [1.82, 2.24) is 15.5 Å². The maximum atomic E-state index is 13.1. The molecular weight excluding hydrogens is 546 g/mol. The standard InChI is InChI=1S/C34H41N3O6/c1-23(2)32(43-22-38)34(42)36-29(19-24-13-15-27(16-14-24)26-11-7-4-8-12-26)30(39)31(40)33(41)35-28-17-18-37(21-28)20-25-9-5-3-6-10-25/h3-16,22-23,28-32,39-40H,17-21H2,1-2H3,(H,35,41)(H,36,42). The first-order valence-electron chi connectivity index (χ1n) is 14.7. The van der Waals surface area contributed by atoms with Gasteiger partial charge in [0.05, 0.1) is 6.04 Å². The van der Waals surface area contributed by atoms with E-state index >= 15 is 0 Å². The summed E-state index contributed by atoms with van der Waals surface area (Å²) in [5.41, 5.74) is 4.01. The molecule has 5 atom stereocenters. The molecule has 2 amide bonds. The van der Waals surface area contributed by atoms with E-state index in [0.717, 1.165) is 29.8 Å². The number of benzene rings is 3. The number of likely N-dealkylation sites (tertiary alicyclic amines) is 1. The molecule has 0 spiro atoms. The van der Waals surface area contributed by atoms with Crippen molar-refractivity contribution in [3.05, 3.63) is 96.1 Å². The Kier molecular flexibility index (Phi) is 11.4. The average Bonchev–Trinajstić information content (AvgIpc) is 3.46. The third kappa shape index (κ3) is 8.97. The highest BCUT2D eigenvalue weighted by Crippen LogP contribution is 2.21. The number of rotatable bonds is 14. The van der Waals surface area contributed by atoms with Crippen molar-refractivity contribution in [2.45, 2.75) is 63.6 Å². The van der Waals surface area contributed by atoms with Crippen LogP contribution in [0.3, 0.4) is 0 Å². The Balaban J connectivity index is 1.43. The highest BCUT2D eigenvalue weighted by Gasteiger charge is 2.36.